The molecule has 6 heteroatoms. The molecule has 26 heavy (non-hydrogen) atoms. The van der Waals surface area contributed by atoms with Crippen LogP contribution in [0.4, 0.5) is 0 Å². The van der Waals surface area contributed by atoms with E-state index in [9.17, 15) is 14.7 Å². The fourth-order valence-corrected chi connectivity index (χ4v) is 2.83. The molecule has 0 aliphatic carbocycles. The van der Waals surface area contributed by atoms with E-state index in [0.29, 0.717) is 29.2 Å². The lowest BCUT2D eigenvalue weighted by molar-refractivity contribution is 0.0580. The number of hydrogen-bond acceptors (Lipinski definition) is 5. The number of hydrogen-bond donors (Lipinski definition) is 1. The quantitative estimate of drug-likeness (QED) is 0.737. The molecule has 2 aromatic rings. The summed E-state index contributed by atoms with van der Waals surface area (Å²) >= 11 is 0. The first-order valence-electron chi connectivity index (χ1n) is 8.59. The van der Waals surface area contributed by atoms with Crippen LogP contribution in [-0.4, -0.2) is 47.7 Å². The Morgan fingerprint density at radius 2 is 1.46 bits per heavy atom. The Bertz CT molecular complexity index is 769. The maximum Gasteiger partial charge on any atom is 0.261 e. The molecule has 0 saturated heterocycles. The van der Waals surface area contributed by atoms with Crippen LogP contribution in [0.3, 0.4) is 0 Å². The summed E-state index contributed by atoms with van der Waals surface area (Å²) in [7, 11) is 0. The van der Waals surface area contributed by atoms with Gasteiger partial charge in [-0.25, -0.2) is 0 Å². The molecule has 0 bridgehead atoms. The minimum absolute atomic E-state index is 0.0489. The van der Waals surface area contributed by atoms with Crippen LogP contribution in [0.2, 0.25) is 0 Å². The zero-order valence-corrected chi connectivity index (χ0v) is 14.6. The third kappa shape index (κ3) is 3.70. The van der Waals surface area contributed by atoms with E-state index >= 15 is 0 Å². The first-order valence-corrected chi connectivity index (χ1v) is 8.59. The molecule has 136 valence electrons. The van der Waals surface area contributed by atoms with Crippen LogP contribution < -0.4 is 9.47 Å². The van der Waals surface area contributed by atoms with Gasteiger partial charge in [0.05, 0.1) is 23.8 Å². The monoisotopic (exact) mass is 355 g/mol. The predicted molar refractivity (Wildman–Crippen MR) is 95.5 cm³/mol. The van der Waals surface area contributed by atoms with Crippen molar-refractivity contribution in [1.82, 2.24) is 4.90 Å². The predicted octanol–water partition coefficient (Wildman–Crippen LogP) is 2.51. The molecule has 0 saturated carbocycles. The van der Waals surface area contributed by atoms with Crippen molar-refractivity contribution in [3.05, 3.63) is 59.7 Å². The molecule has 6 nitrogen and oxygen atoms in total. The fraction of sp³-hybridized carbons (Fsp3) is 0.300. The average molecular weight is 355 g/mol. The zero-order chi connectivity index (χ0) is 18.5. The summed E-state index contributed by atoms with van der Waals surface area (Å²) in [6.45, 7) is 2.59. The third-order valence-corrected chi connectivity index (χ3v) is 4.14. The van der Waals surface area contributed by atoms with Crippen molar-refractivity contribution in [2.45, 2.75) is 19.4 Å². The maximum atomic E-state index is 12.3. The van der Waals surface area contributed by atoms with Crippen molar-refractivity contribution < 1.29 is 24.2 Å². The minimum atomic E-state index is -0.811. The third-order valence-electron chi connectivity index (χ3n) is 4.14. The molecular weight excluding hydrogens is 334 g/mol. The number of ether oxygens (including phenoxy) is 2. The van der Waals surface area contributed by atoms with Gasteiger partial charge in [0.1, 0.15) is 6.61 Å². The lowest BCUT2D eigenvalue weighted by Gasteiger charge is -2.18. The second-order valence-corrected chi connectivity index (χ2v) is 5.94. The molecule has 1 heterocycles. The number of fused-ring (bicyclic) bond motifs is 1. The van der Waals surface area contributed by atoms with Crippen LogP contribution in [0.15, 0.2) is 48.5 Å². The number of aliphatic hydroxyl groups is 1. The van der Waals surface area contributed by atoms with Gasteiger partial charge in [0, 0.05) is 6.54 Å². The molecule has 1 atom stereocenters. The Labute approximate surface area is 152 Å². The Hall–Kier alpha value is -2.86. The summed E-state index contributed by atoms with van der Waals surface area (Å²) in [6, 6.07) is 14.0. The van der Waals surface area contributed by atoms with Crippen LogP contribution in [-0.2, 0) is 0 Å². The zero-order valence-electron chi connectivity index (χ0n) is 14.6. The van der Waals surface area contributed by atoms with Gasteiger partial charge in [-0.2, -0.15) is 0 Å². The molecule has 2 amide bonds. The number of rotatable bonds is 8. The SMILES string of the molecule is CCOc1ccccc1OCC(O)CCN1C(=O)c2ccccc2C1=O. The van der Waals surface area contributed by atoms with Crippen molar-refractivity contribution in [1.29, 1.82) is 0 Å². The van der Waals surface area contributed by atoms with Crippen LogP contribution in [0, 0.1) is 0 Å². The van der Waals surface area contributed by atoms with E-state index in [1.807, 2.05) is 19.1 Å². The van der Waals surface area contributed by atoms with Gasteiger partial charge in [-0.05, 0) is 37.6 Å². The van der Waals surface area contributed by atoms with Crippen molar-refractivity contribution in [3.63, 3.8) is 0 Å². The molecule has 0 aromatic heterocycles. The molecule has 1 aliphatic heterocycles. The lowest BCUT2D eigenvalue weighted by atomic mass is 10.1. The largest absolute Gasteiger partial charge is 0.490 e. The molecule has 1 unspecified atom stereocenters. The molecule has 0 fully saturated rings. The number of aliphatic hydroxyl groups excluding tert-OH is 1. The van der Waals surface area contributed by atoms with Crippen molar-refractivity contribution >= 4 is 11.8 Å². The summed E-state index contributed by atoms with van der Waals surface area (Å²) in [5.74, 6) is 0.525. The van der Waals surface area contributed by atoms with E-state index in [2.05, 4.69) is 0 Å². The smallest absolute Gasteiger partial charge is 0.261 e. The molecule has 0 spiro atoms. The van der Waals surface area contributed by atoms with Crippen molar-refractivity contribution in [3.8, 4) is 11.5 Å². The van der Waals surface area contributed by atoms with Gasteiger partial charge in [-0.15, -0.1) is 0 Å². The van der Waals surface area contributed by atoms with E-state index in [1.165, 1.54) is 4.90 Å². The Morgan fingerprint density at radius 3 is 2.04 bits per heavy atom. The van der Waals surface area contributed by atoms with E-state index in [1.54, 1.807) is 36.4 Å². The number of para-hydroxylation sites is 2. The number of carbonyl (C=O) groups excluding carboxylic acids is 2. The normalized spacial score (nSPS) is 14.3. The minimum Gasteiger partial charge on any atom is -0.490 e. The summed E-state index contributed by atoms with van der Waals surface area (Å²) in [5.41, 5.74) is 0.822. The molecule has 3 rings (SSSR count). The Kier molecular flexibility index (Phi) is 5.53. The molecule has 1 aliphatic rings. The average Bonchev–Trinajstić information content (AvgIpc) is 2.90. The number of nitrogens with zero attached hydrogens (tertiary/aromatic N) is 1. The van der Waals surface area contributed by atoms with Crippen molar-refractivity contribution in [2.24, 2.45) is 0 Å². The van der Waals surface area contributed by atoms with Crippen LogP contribution in [0.1, 0.15) is 34.1 Å². The second-order valence-electron chi connectivity index (χ2n) is 5.94. The lowest BCUT2D eigenvalue weighted by Crippen LogP contribution is -2.33. The second kappa shape index (κ2) is 8.01. The summed E-state index contributed by atoms with van der Waals surface area (Å²) < 4.78 is 11.1. The summed E-state index contributed by atoms with van der Waals surface area (Å²) in [5, 5.41) is 10.2. The first-order chi connectivity index (χ1) is 12.6. The number of imide groups is 1. The molecule has 1 N–H and O–H groups in total. The first kappa shape index (κ1) is 17.9. The molecule has 2 aromatic carbocycles. The highest BCUT2D eigenvalue weighted by Gasteiger charge is 2.34. The highest BCUT2D eigenvalue weighted by Crippen LogP contribution is 2.27. The highest BCUT2D eigenvalue weighted by molar-refractivity contribution is 6.21. The topological polar surface area (TPSA) is 76.1 Å². The van der Waals surface area contributed by atoms with Crippen LogP contribution in [0.5, 0.6) is 11.5 Å². The fourth-order valence-electron chi connectivity index (χ4n) is 2.83. The van der Waals surface area contributed by atoms with Gasteiger partial charge in [0.2, 0.25) is 0 Å². The summed E-state index contributed by atoms with van der Waals surface area (Å²) in [4.78, 5) is 25.8. The van der Waals surface area contributed by atoms with Gasteiger partial charge in [0.25, 0.3) is 11.8 Å². The van der Waals surface area contributed by atoms with Gasteiger partial charge in [-0.3, -0.25) is 14.5 Å². The summed E-state index contributed by atoms with van der Waals surface area (Å²) in [6.07, 6.45) is -0.573. The number of amides is 2. The Balaban J connectivity index is 1.53. The van der Waals surface area contributed by atoms with E-state index < -0.39 is 6.10 Å². The molecule has 0 radical (unpaired) electrons. The highest BCUT2D eigenvalue weighted by atomic mass is 16.5. The van der Waals surface area contributed by atoms with Gasteiger partial charge in [0.15, 0.2) is 11.5 Å². The van der Waals surface area contributed by atoms with Crippen LogP contribution in [0.25, 0.3) is 0 Å². The maximum absolute atomic E-state index is 12.3. The standard InChI is InChI=1S/C20H21NO5/c1-2-25-17-9-5-6-10-18(17)26-13-14(22)11-12-21-19(23)15-7-3-4-8-16(15)20(21)24/h3-10,14,22H,2,11-13H2,1H3. The van der Waals surface area contributed by atoms with Gasteiger partial charge < -0.3 is 14.6 Å². The van der Waals surface area contributed by atoms with Crippen molar-refractivity contribution in [2.75, 3.05) is 19.8 Å². The van der Waals surface area contributed by atoms with Crippen LogP contribution >= 0.6 is 0 Å². The van der Waals surface area contributed by atoms with Gasteiger partial charge >= 0.3 is 0 Å². The van der Waals surface area contributed by atoms with E-state index in [-0.39, 0.29) is 31.4 Å². The van der Waals surface area contributed by atoms with Gasteiger partial charge in [-0.1, -0.05) is 24.3 Å². The Morgan fingerprint density at radius 1 is 0.923 bits per heavy atom. The van der Waals surface area contributed by atoms with E-state index in [4.69, 9.17) is 9.47 Å². The molecular formula is C20H21NO5. The number of benzene rings is 2. The number of carbonyl (C=O) groups is 2. The van der Waals surface area contributed by atoms with E-state index in [0.717, 1.165) is 0 Å².